The first-order valence-electron chi connectivity index (χ1n) is 36.1. The molecule has 2 atom stereocenters. The highest BCUT2D eigenvalue weighted by Crippen LogP contribution is 2.19. The van der Waals surface area contributed by atoms with Crippen LogP contribution in [0, 0.1) is 0 Å². The Balaban J connectivity index is 4.00. The van der Waals surface area contributed by atoms with Crippen molar-refractivity contribution in [3.05, 3.63) is 72.9 Å². The Morgan fingerprint density at radius 2 is 0.671 bits per heavy atom. The highest BCUT2D eigenvalue weighted by Gasteiger charge is 2.22. The highest BCUT2D eigenvalue weighted by atomic mass is 16.7. The average molecular weight is 1190 g/mol. The number of nitrogens with zero attached hydrogens (tertiary/aromatic N) is 1. The Morgan fingerprint density at radius 1 is 0.365 bits per heavy atom. The molecule has 0 aliphatic heterocycles. The van der Waals surface area contributed by atoms with Gasteiger partial charge in [0.2, 0.25) is 0 Å². The number of allylic oxidation sites excluding steroid dienone is 12. The number of aliphatic carboxylic acids is 1. The fraction of sp³-hybridized carbons (Fsp3) is 0.803. The molecule has 0 radical (unpaired) electrons. The minimum Gasteiger partial charge on any atom is -0.545 e. The van der Waals surface area contributed by atoms with Gasteiger partial charge in [-0.05, 0) is 64.2 Å². The van der Waals surface area contributed by atoms with Gasteiger partial charge in [0.05, 0.1) is 40.3 Å². The summed E-state index contributed by atoms with van der Waals surface area (Å²) in [7, 11) is 5.91. The molecular formula is C76H137NO8. The van der Waals surface area contributed by atoms with E-state index < -0.39 is 24.3 Å². The van der Waals surface area contributed by atoms with Crippen LogP contribution in [0.2, 0.25) is 0 Å². The molecule has 0 bridgehead atoms. The van der Waals surface area contributed by atoms with Crippen molar-refractivity contribution in [1.82, 2.24) is 0 Å². The number of esters is 2. The van der Waals surface area contributed by atoms with Crippen LogP contribution < -0.4 is 5.11 Å². The summed E-state index contributed by atoms with van der Waals surface area (Å²) in [5.41, 5.74) is 0. The molecule has 9 heteroatoms. The molecule has 0 amide bonds. The van der Waals surface area contributed by atoms with Crippen LogP contribution >= 0.6 is 0 Å². The van der Waals surface area contributed by atoms with Crippen molar-refractivity contribution in [3.8, 4) is 0 Å². The minimum absolute atomic E-state index is 0.137. The number of carbonyl (C=O) groups excluding carboxylic acids is 3. The van der Waals surface area contributed by atoms with Gasteiger partial charge in [0, 0.05) is 12.8 Å². The van der Waals surface area contributed by atoms with Gasteiger partial charge in [0.1, 0.15) is 13.2 Å². The van der Waals surface area contributed by atoms with Gasteiger partial charge in [0.15, 0.2) is 12.4 Å². The fourth-order valence-corrected chi connectivity index (χ4v) is 10.5. The van der Waals surface area contributed by atoms with E-state index in [9.17, 15) is 19.5 Å². The molecule has 2 unspecified atom stereocenters. The largest absolute Gasteiger partial charge is 0.545 e. The SMILES string of the molecule is CC/C=C\C/C=C\C/C=C\C/C=C\C/C=C\C/C=C\CCCCC(=O)OC(COC(=O)CCCCCCCCCCCCCCCCCCCCCCCCCCCCCCCCCCCCCCCCC)COC(OCC[N+](C)(C)C)C(=O)[O-]. The van der Waals surface area contributed by atoms with E-state index in [2.05, 4.69) is 86.8 Å². The molecule has 0 aromatic rings. The zero-order valence-electron chi connectivity index (χ0n) is 56.5. The molecule has 0 fully saturated rings. The van der Waals surface area contributed by atoms with Crippen molar-refractivity contribution in [2.45, 2.75) is 347 Å². The second-order valence-corrected chi connectivity index (χ2v) is 25.5. The molecule has 0 saturated heterocycles. The lowest BCUT2D eigenvalue weighted by atomic mass is 10.0. The minimum atomic E-state index is -1.64. The summed E-state index contributed by atoms with van der Waals surface area (Å²) >= 11 is 0. The lowest BCUT2D eigenvalue weighted by Gasteiger charge is -2.26. The zero-order chi connectivity index (χ0) is 61.9. The number of ether oxygens (including phenoxy) is 4. The van der Waals surface area contributed by atoms with Gasteiger partial charge >= 0.3 is 11.9 Å². The summed E-state index contributed by atoms with van der Waals surface area (Å²) in [5.74, 6) is -2.33. The van der Waals surface area contributed by atoms with Crippen LogP contribution in [0.4, 0.5) is 0 Å². The van der Waals surface area contributed by atoms with Crippen LogP contribution in [0.15, 0.2) is 72.9 Å². The van der Waals surface area contributed by atoms with E-state index in [-0.39, 0.29) is 38.6 Å². The summed E-state index contributed by atoms with van der Waals surface area (Å²) in [6.07, 6.45) is 86.0. The fourth-order valence-electron chi connectivity index (χ4n) is 10.5. The van der Waals surface area contributed by atoms with Gasteiger partial charge in [-0.3, -0.25) is 9.59 Å². The smallest absolute Gasteiger partial charge is 0.306 e. The maximum atomic E-state index is 12.9. The Bertz CT molecular complexity index is 1620. The number of carboxylic acids is 1. The maximum Gasteiger partial charge on any atom is 0.306 e. The van der Waals surface area contributed by atoms with Crippen LogP contribution in [-0.2, 0) is 33.3 Å². The van der Waals surface area contributed by atoms with E-state index in [1.807, 2.05) is 21.1 Å². The van der Waals surface area contributed by atoms with Gasteiger partial charge < -0.3 is 33.3 Å². The van der Waals surface area contributed by atoms with Crippen molar-refractivity contribution in [3.63, 3.8) is 0 Å². The Labute approximate surface area is 526 Å². The third-order valence-electron chi connectivity index (χ3n) is 16.0. The molecule has 0 aliphatic carbocycles. The number of carboxylic acid groups (broad SMARTS) is 1. The molecule has 9 nitrogen and oxygen atoms in total. The predicted molar refractivity (Wildman–Crippen MR) is 361 cm³/mol. The number of hydrogen-bond acceptors (Lipinski definition) is 8. The first-order valence-corrected chi connectivity index (χ1v) is 36.1. The van der Waals surface area contributed by atoms with Gasteiger partial charge in [-0.2, -0.15) is 0 Å². The monoisotopic (exact) mass is 1190 g/mol. The summed E-state index contributed by atoms with van der Waals surface area (Å²) in [5, 5.41) is 11.8. The molecule has 0 aromatic carbocycles. The Kier molecular flexibility index (Phi) is 64.1. The average Bonchev–Trinajstić information content (AvgIpc) is 3.48. The summed E-state index contributed by atoms with van der Waals surface area (Å²) in [4.78, 5) is 37.4. The van der Waals surface area contributed by atoms with E-state index in [1.54, 1.807) is 0 Å². The molecule has 85 heavy (non-hydrogen) atoms. The molecular weight excluding hydrogens is 1050 g/mol. The van der Waals surface area contributed by atoms with E-state index >= 15 is 0 Å². The maximum absolute atomic E-state index is 12.9. The Hall–Kier alpha value is -3.27. The number of likely N-dealkylation sites (N-methyl/N-ethyl adjacent to an activating group) is 1. The van der Waals surface area contributed by atoms with Crippen LogP contribution in [0.1, 0.15) is 335 Å². The third kappa shape index (κ3) is 68.1. The second-order valence-electron chi connectivity index (χ2n) is 25.5. The van der Waals surface area contributed by atoms with Crippen LogP contribution in [0.25, 0.3) is 0 Å². The number of hydrogen-bond donors (Lipinski definition) is 0. The van der Waals surface area contributed by atoms with Crippen LogP contribution in [0.5, 0.6) is 0 Å². The highest BCUT2D eigenvalue weighted by molar-refractivity contribution is 5.70. The van der Waals surface area contributed by atoms with Crippen molar-refractivity contribution < 1.29 is 42.9 Å². The van der Waals surface area contributed by atoms with Gasteiger partial charge in [-0.1, -0.05) is 331 Å². The summed E-state index contributed by atoms with van der Waals surface area (Å²) < 4.78 is 22.7. The predicted octanol–water partition coefficient (Wildman–Crippen LogP) is 21.1. The molecule has 0 aliphatic rings. The van der Waals surface area contributed by atoms with Crippen molar-refractivity contribution in [2.24, 2.45) is 0 Å². The van der Waals surface area contributed by atoms with E-state index in [0.717, 1.165) is 70.6 Å². The number of rotatable bonds is 67. The number of quaternary nitrogens is 1. The van der Waals surface area contributed by atoms with Gasteiger partial charge in [-0.15, -0.1) is 0 Å². The van der Waals surface area contributed by atoms with E-state index in [1.165, 1.54) is 231 Å². The topological polar surface area (TPSA) is 111 Å². The van der Waals surface area contributed by atoms with E-state index in [0.29, 0.717) is 17.4 Å². The summed E-state index contributed by atoms with van der Waals surface area (Å²) in [6, 6.07) is 0. The van der Waals surface area contributed by atoms with Crippen LogP contribution in [0.3, 0.4) is 0 Å². The normalized spacial score (nSPS) is 13.1. The quantitative estimate of drug-likeness (QED) is 0.0195. The first-order chi connectivity index (χ1) is 41.6. The van der Waals surface area contributed by atoms with Crippen molar-refractivity contribution in [2.75, 3.05) is 47.5 Å². The van der Waals surface area contributed by atoms with Crippen molar-refractivity contribution in [1.29, 1.82) is 0 Å². The molecule has 0 saturated carbocycles. The lowest BCUT2D eigenvalue weighted by molar-refractivity contribution is -0.870. The molecule has 0 heterocycles. The lowest BCUT2D eigenvalue weighted by Crippen LogP contribution is -2.44. The van der Waals surface area contributed by atoms with Crippen molar-refractivity contribution >= 4 is 17.9 Å². The zero-order valence-corrected chi connectivity index (χ0v) is 56.5. The molecule has 0 N–H and O–H groups in total. The third-order valence-corrected chi connectivity index (χ3v) is 16.0. The molecule has 494 valence electrons. The van der Waals surface area contributed by atoms with Gasteiger partial charge in [0.25, 0.3) is 0 Å². The standard InChI is InChI=1S/C76H137NO8/c1-6-8-10-12-14-16-18-20-22-24-26-28-29-30-31-32-33-34-35-36-37-38-39-40-41-42-43-44-45-47-48-50-52-54-56-58-60-62-64-66-73(78)83-70-72(71-84-76(75(80)81)82-69-68-77(3,4)5)85-74(79)67-65-63-61-59-57-55-53-51-49-46-27-25-23-21-19-17-15-13-11-9-7-2/h9,11,15,17,21,23,27,46,51,53,57,59,72,76H,6-8,10,12-14,16,18-20,22,24-26,28-45,47-50,52,54-56,58,60-71H2,1-5H3/b11-9-,17-15-,23-21-,46-27-,53-51-,59-57-. The first kappa shape index (κ1) is 81.7. The number of unbranched alkanes of at least 4 members (excludes halogenated alkanes) is 40. The second kappa shape index (κ2) is 66.7. The number of carbonyl (C=O) groups is 3. The molecule has 0 aromatic heterocycles. The van der Waals surface area contributed by atoms with Gasteiger partial charge in [-0.25, -0.2) is 0 Å². The summed E-state index contributed by atoms with van der Waals surface area (Å²) in [6.45, 7) is 4.62. The Morgan fingerprint density at radius 3 is 1.00 bits per heavy atom. The van der Waals surface area contributed by atoms with Crippen LogP contribution in [-0.4, -0.2) is 82.3 Å². The molecule has 0 spiro atoms. The molecule has 0 rings (SSSR count). The van der Waals surface area contributed by atoms with E-state index in [4.69, 9.17) is 18.9 Å².